The van der Waals surface area contributed by atoms with Gasteiger partial charge >= 0.3 is 12.1 Å². The van der Waals surface area contributed by atoms with Crippen molar-refractivity contribution in [1.29, 1.82) is 0 Å². The van der Waals surface area contributed by atoms with Gasteiger partial charge in [0, 0.05) is 58.0 Å². The summed E-state index contributed by atoms with van der Waals surface area (Å²) < 4.78 is 17.7. The number of aromatic nitrogens is 1. The third-order valence-corrected chi connectivity index (χ3v) is 18.3. The first kappa shape index (κ1) is 80.7. The summed E-state index contributed by atoms with van der Waals surface area (Å²) in [6, 6.07) is 9.81. The number of carbonyl (C=O) groups is 10. The summed E-state index contributed by atoms with van der Waals surface area (Å²) >= 11 is 1.47. The number of likely N-dealkylation sites (N-methyl/N-ethyl adjacent to an activating group) is 1. The van der Waals surface area contributed by atoms with Gasteiger partial charge in [-0.25, -0.2) is 14.6 Å². The number of amides is 11. The molecule has 4 rings (SSSR count). The highest BCUT2D eigenvalue weighted by molar-refractivity contribution is 7.09. The van der Waals surface area contributed by atoms with Gasteiger partial charge in [-0.15, -0.1) is 11.3 Å². The summed E-state index contributed by atoms with van der Waals surface area (Å²) in [4.78, 5) is 144. The molecule has 1 saturated heterocycles. The Bertz CT molecular complexity index is 2970. The third kappa shape index (κ3) is 25.3. The second kappa shape index (κ2) is 40.1. The van der Waals surface area contributed by atoms with E-state index >= 15 is 0 Å². The minimum atomic E-state index is -1.59. The molecule has 0 bridgehead atoms. The average molecular weight is 1360 g/mol. The van der Waals surface area contributed by atoms with Crippen LogP contribution in [0.2, 0.25) is 0 Å². The van der Waals surface area contributed by atoms with Gasteiger partial charge in [-0.3, -0.25) is 38.4 Å². The largest absolute Gasteiger partial charge is 0.445 e. The Labute approximate surface area is 571 Å². The summed E-state index contributed by atoms with van der Waals surface area (Å²) in [6.45, 7) is 20.2. The number of nitrogens with zero attached hydrogens (tertiary/aromatic N) is 3. The van der Waals surface area contributed by atoms with Gasteiger partial charge in [-0.05, 0) is 119 Å². The Hall–Kier alpha value is -7.75. The molecule has 3 aromatic rings. The normalized spacial score (nSPS) is 16.3. The number of carbonyl (C=O) groups excluding carboxylic acids is 10. The zero-order chi connectivity index (χ0) is 71.4. The van der Waals surface area contributed by atoms with Crippen LogP contribution < -0.4 is 54.0 Å². The van der Waals surface area contributed by atoms with E-state index in [0.717, 1.165) is 10.6 Å². The van der Waals surface area contributed by atoms with Gasteiger partial charge < -0.3 is 78.0 Å². The van der Waals surface area contributed by atoms with Crippen LogP contribution >= 0.6 is 11.3 Å². The van der Waals surface area contributed by atoms with E-state index in [1.807, 2.05) is 70.3 Å². The van der Waals surface area contributed by atoms with Crippen molar-refractivity contribution in [3.05, 3.63) is 82.3 Å². The van der Waals surface area contributed by atoms with E-state index in [1.165, 1.54) is 32.3 Å². The van der Waals surface area contributed by atoms with Crippen molar-refractivity contribution in [2.24, 2.45) is 41.1 Å². The van der Waals surface area contributed by atoms with Gasteiger partial charge in [0.25, 0.3) is 0 Å². The first-order valence-corrected chi connectivity index (χ1v) is 34.5. The predicted octanol–water partition coefficient (Wildman–Crippen LogP) is 5.98. The van der Waals surface area contributed by atoms with Crippen LogP contribution in [0.5, 0.6) is 0 Å². The second-order valence-electron chi connectivity index (χ2n) is 26.6. The van der Waals surface area contributed by atoms with E-state index in [4.69, 9.17) is 25.7 Å². The van der Waals surface area contributed by atoms with Crippen LogP contribution in [0.25, 0.3) is 0 Å². The van der Waals surface area contributed by atoms with Gasteiger partial charge in [0.15, 0.2) is 0 Å². The Balaban J connectivity index is 1.38. The molecule has 1 aliphatic rings. The quantitative estimate of drug-likeness (QED) is 0.0293. The number of unbranched alkanes of at least 4 members (excludes halogenated alkanes) is 1. The third-order valence-electron chi connectivity index (χ3n) is 17.4. The van der Waals surface area contributed by atoms with E-state index in [2.05, 4.69) is 47.5 Å². The number of nitrogens with one attached hydrogen (secondary N) is 8. The van der Waals surface area contributed by atoms with E-state index in [1.54, 1.807) is 82.1 Å². The van der Waals surface area contributed by atoms with Gasteiger partial charge in [-0.1, -0.05) is 111 Å². The lowest BCUT2D eigenvalue weighted by molar-refractivity contribution is -0.148. The maximum absolute atomic E-state index is 14.7. The number of methoxy groups -OCH3 is 2. The molecule has 0 saturated carbocycles. The fraction of sp³-hybridized carbons (Fsp3) is 0.638. The van der Waals surface area contributed by atoms with Gasteiger partial charge in [0.05, 0.1) is 42.7 Å². The first-order valence-electron chi connectivity index (χ1n) is 33.6. The van der Waals surface area contributed by atoms with Gasteiger partial charge in [0.2, 0.25) is 47.3 Å². The number of anilines is 1. The molecule has 11 atom stereocenters. The highest BCUT2D eigenvalue weighted by Gasteiger charge is 2.44. The maximum Gasteiger partial charge on any atom is 0.408 e. The molecule has 1 unspecified atom stereocenters. The molecular weight excluding hydrogens is 1250 g/mol. The lowest BCUT2D eigenvalue weighted by atomic mass is 9.89. The molecule has 534 valence electrons. The summed E-state index contributed by atoms with van der Waals surface area (Å²) in [7, 11) is 4.70. The fourth-order valence-corrected chi connectivity index (χ4v) is 12.4. The van der Waals surface area contributed by atoms with E-state index in [9.17, 15) is 47.9 Å². The smallest absolute Gasteiger partial charge is 0.408 e. The molecule has 2 aromatic carbocycles. The molecule has 0 radical (unpaired) electrons. The van der Waals surface area contributed by atoms with Crippen molar-refractivity contribution in [2.75, 3.05) is 46.2 Å². The van der Waals surface area contributed by atoms with E-state index in [-0.39, 0.29) is 74.4 Å². The monoisotopic (exact) mass is 1360 g/mol. The van der Waals surface area contributed by atoms with Crippen LogP contribution in [0.15, 0.2) is 66.2 Å². The Morgan fingerprint density at radius 1 is 0.750 bits per heavy atom. The lowest BCUT2D eigenvalue weighted by Crippen LogP contribution is -2.62. The number of likely N-dealkylation sites (tertiary alicyclic amines) is 1. The molecule has 96 heavy (non-hydrogen) atoms. The van der Waals surface area contributed by atoms with Crippen LogP contribution in [0.4, 0.5) is 15.3 Å². The number of primary amides is 1. The summed E-state index contributed by atoms with van der Waals surface area (Å²) in [5.41, 5.74) is 11.2. The Kier molecular flexibility index (Phi) is 33.7. The van der Waals surface area contributed by atoms with Crippen LogP contribution in [-0.2, 0) is 65.6 Å². The van der Waals surface area contributed by atoms with Crippen molar-refractivity contribution < 1.29 is 62.2 Å². The van der Waals surface area contributed by atoms with Crippen LogP contribution in [-0.4, -0.2) is 169 Å². The average Bonchev–Trinajstić information content (AvgIpc) is 1.37. The Morgan fingerprint density at radius 3 is 1.99 bits per heavy atom. The van der Waals surface area contributed by atoms with Crippen molar-refractivity contribution in [3.8, 4) is 0 Å². The van der Waals surface area contributed by atoms with Crippen LogP contribution in [0, 0.1) is 29.6 Å². The predicted molar refractivity (Wildman–Crippen MR) is 368 cm³/mol. The van der Waals surface area contributed by atoms with Gasteiger partial charge in [-0.2, -0.15) is 0 Å². The van der Waals surface area contributed by atoms with E-state index in [0.29, 0.717) is 69.3 Å². The van der Waals surface area contributed by atoms with Crippen LogP contribution in [0.3, 0.4) is 0 Å². The molecular formula is C69H109N13O13S. The topological polar surface area (TPSA) is 366 Å². The van der Waals surface area contributed by atoms with E-state index < -0.39 is 113 Å². The number of hydrogen-bond acceptors (Lipinski definition) is 16. The minimum Gasteiger partial charge on any atom is -0.445 e. The molecule has 26 nitrogen and oxygen atoms in total. The van der Waals surface area contributed by atoms with Crippen molar-refractivity contribution in [3.63, 3.8) is 0 Å². The zero-order valence-corrected chi connectivity index (χ0v) is 59.6. The number of rotatable bonds is 40. The molecule has 1 fully saturated rings. The number of benzene rings is 2. The number of urea groups is 1. The highest BCUT2D eigenvalue weighted by atomic mass is 32.1. The number of hydrogen-bond donors (Lipinski definition) is 10. The summed E-state index contributed by atoms with van der Waals surface area (Å²) in [5.74, 6) is -5.26. The number of ether oxygens (including phenoxy) is 3. The van der Waals surface area contributed by atoms with Crippen molar-refractivity contribution in [1.82, 2.24) is 52.0 Å². The molecule has 27 heteroatoms. The zero-order valence-electron chi connectivity index (χ0n) is 58.8. The number of alkyl carbamates (subject to hydrolysis) is 1. The summed E-state index contributed by atoms with van der Waals surface area (Å²) in [5, 5.41) is 24.9. The summed E-state index contributed by atoms with van der Waals surface area (Å²) in [6.07, 6.45) is 3.79. The molecule has 2 heterocycles. The fourth-order valence-electron chi connectivity index (χ4n) is 11.8. The lowest BCUT2D eigenvalue weighted by Gasteiger charge is -2.41. The first-order chi connectivity index (χ1) is 45.5. The molecule has 0 spiro atoms. The molecule has 11 amide bonds. The second-order valence-corrected chi connectivity index (χ2v) is 27.6. The standard InChI is InChI=1S/C69H109N13O13S/c1-15-44(8)58(53(93-13)39-55(84)82-35-22-27-52(82)59(94-14)45(9)60(85)77-51(64-72-34-36-96-64)38-46-23-17-16-18-24-46)81(12)65(89)57(43(6)7)79-66(90)69(10,11)80-68(92)95-40-47-28-30-48(31-29-47)74-61(86)50(26-21-33-73-67(71)91)76-63(88)56(42(4)5)78-62(87)49(25-19-20-32-70)75-54(83)37-41(2)3/h16-18,23-24,28-31,34,36,41-45,49-53,56-59H,15,19-22,25-27,32-33,35,37-40,70H2,1-14H3,(H,74,86)(H,75,83)(H,76,88)(H,77,85)(H,78,87)(H,79,90)(H,80,92)(H3,71,73,91)/t44-,45?,49-,50-,51-,52-,53+,56-,57-,58-,59+/m0/s1. The highest BCUT2D eigenvalue weighted by Crippen LogP contribution is 2.31. The van der Waals surface area contributed by atoms with Crippen molar-refractivity contribution >= 4 is 76.4 Å². The number of thiazole rings is 1. The SMILES string of the molecule is CC[C@H](C)[C@@H]([C@@H](CC(=O)N1CCC[C@H]1[C@H](OC)C(C)C(=O)N[C@@H](Cc1ccccc1)c1nccs1)OC)N(C)C(=O)[C@@H](NC(=O)C(C)(C)NC(=O)OCc1ccc(NC(=O)[C@H](CCCNC(N)=O)NC(=O)[C@@H](NC(=O)[C@H](CCCCN)NC(=O)CC(C)C)C(C)C)cc1)C(C)C. The van der Waals surface area contributed by atoms with Gasteiger partial charge in [0.1, 0.15) is 41.3 Å². The molecule has 1 aliphatic heterocycles. The Morgan fingerprint density at radius 2 is 1.41 bits per heavy atom. The van der Waals surface area contributed by atoms with Crippen molar-refractivity contribution in [2.45, 2.75) is 213 Å². The maximum atomic E-state index is 14.7. The molecule has 0 aliphatic carbocycles. The minimum absolute atomic E-state index is 0.0512. The molecule has 1 aromatic heterocycles. The van der Waals surface area contributed by atoms with Crippen LogP contribution in [0.1, 0.15) is 163 Å². The number of nitrogens with two attached hydrogens (primary N) is 2. The molecule has 12 N–H and O–H groups in total.